The number of halogens is 2. The SMILES string of the molecule is Cc1c2c(=O)n(C)[nH]c2cc(=O)n1-c1ccc(F)c(Cl)c1. The summed E-state index contributed by atoms with van der Waals surface area (Å²) in [5.74, 6) is -0.565. The molecule has 0 fully saturated rings. The van der Waals surface area contributed by atoms with E-state index >= 15 is 0 Å². The lowest BCUT2D eigenvalue weighted by molar-refractivity contribution is 0.627. The van der Waals surface area contributed by atoms with Crippen molar-refractivity contribution in [3.63, 3.8) is 0 Å². The minimum atomic E-state index is -0.565. The van der Waals surface area contributed by atoms with Crippen LogP contribution in [0.15, 0.2) is 33.9 Å². The third kappa shape index (κ3) is 1.99. The summed E-state index contributed by atoms with van der Waals surface area (Å²) in [6, 6.07) is 5.32. The molecule has 0 spiro atoms. The fourth-order valence-electron chi connectivity index (χ4n) is 2.43. The van der Waals surface area contributed by atoms with Crippen LogP contribution in [0.1, 0.15) is 5.69 Å². The normalized spacial score (nSPS) is 11.2. The molecule has 0 aliphatic rings. The van der Waals surface area contributed by atoms with Crippen molar-refractivity contribution in [1.82, 2.24) is 14.3 Å². The van der Waals surface area contributed by atoms with Crippen molar-refractivity contribution < 1.29 is 4.39 Å². The number of nitrogens with one attached hydrogen (secondary N) is 1. The molecule has 0 saturated heterocycles. The van der Waals surface area contributed by atoms with Crippen molar-refractivity contribution in [1.29, 1.82) is 0 Å². The lowest BCUT2D eigenvalue weighted by atomic mass is 10.2. The van der Waals surface area contributed by atoms with E-state index in [1.54, 1.807) is 14.0 Å². The minimum Gasteiger partial charge on any atom is -0.295 e. The van der Waals surface area contributed by atoms with Crippen LogP contribution in [0.25, 0.3) is 16.6 Å². The van der Waals surface area contributed by atoms with Gasteiger partial charge in [-0.15, -0.1) is 0 Å². The Bertz CT molecular complexity index is 984. The van der Waals surface area contributed by atoms with Crippen molar-refractivity contribution in [3.8, 4) is 5.69 Å². The number of nitrogens with zero attached hydrogens (tertiary/aromatic N) is 2. The van der Waals surface area contributed by atoms with E-state index in [-0.39, 0.29) is 16.1 Å². The number of hydrogen-bond donors (Lipinski definition) is 1. The van der Waals surface area contributed by atoms with E-state index in [4.69, 9.17) is 11.6 Å². The molecule has 3 rings (SSSR count). The largest absolute Gasteiger partial charge is 0.295 e. The first kappa shape index (κ1) is 13.6. The molecule has 21 heavy (non-hydrogen) atoms. The Kier molecular flexibility index (Phi) is 2.98. The maximum Gasteiger partial charge on any atom is 0.275 e. The van der Waals surface area contributed by atoms with E-state index in [1.165, 1.54) is 33.5 Å². The number of benzene rings is 1. The molecule has 0 aliphatic carbocycles. The second-order valence-electron chi connectivity index (χ2n) is 4.77. The molecule has 0 atom stereocenters. The van der Waals surface area contributed by atoms with Gasteiger partial charge in [0.05, 0.1) is 21.6 Å². The maximum atomic E-state index is 13.3. The number of aromatic amines is 1. The molecule has 0 bridgehead atoms. The zero-order valence-electron chi connectivity index (χ0n) is 11.3. The zero-order valence-corrected chi connectivity index (χ0v) is 12.0. The Morgan fingerprint density at radius 2 is 1.95 bits per heavy atom. The number of hydrogen-bond acceptors (Lipinski definition) is 2. The van der Waals surface area contributed by atoms with Crippen LogP contribution in [-0.2, 0) is 7.05 Å². The van der Waals surface area contributed by atoms with Gasteiger partial charge in [0, 0.05) is 18.8 Å². The molecule has 0 aliphatic heterocycles. The molecule has 2 aromatic heterocycles. The van der Waals surface area contributed by atoms with Gasteiger partial charge >= 0.3 is 0 Å². The van der Waals surface area contributed by atoms with Crippen molar-refractivity contribution in [3.05, 3.63) is 61.5 Å². The van der Waals surface area contributed by atoms with E-state index in [9.17, 15) is 14.0 Å². The number of rotatable bonds is 1. The second-order valence-corrected chi connectivity index (χ2v) is 5.17. The van der Waals surface area contributed by atoms with Gasteiger partial charge in [0.2, 0.25) is 0 Å². The average molecular weight is 308 g/mol. The number of aryl methyl sites for hydroxylation is 2. The summed E-state index contributed by atoms with van der Waals surface area (Å²) in [5.41, 5.74) is 0.791. The summed E-state index contributed by atoms with van der Waals surface area (Å²) in [4.78, 5) is 24.4. The highest BCUT2D eigenvalue weighted by molar-refractivity contribution is 6.30. The van der Waals surface area contributed by atoms with Gasteiger partial charge in [-0.1, -0.05) is 11.6 Å². The number of aromatic nitrogens is 3. The summed E-state index contributed by atoms with van der Waals surface area (Å²) in [6.07, 6.45) is 0. The summed E-state index contributed by atoms with van der Waals surface area (Å²) >= 11 is 5.76. The lowest BCUT2D eigenvalue weighted by Crippen LogP contribution is -2.21. The average Bonchev–Trinajstić information content (AvgIpc) is 2.69. The van der Waals surface area contributed by atoms with Gasteiger partial charge in [0.15, 0.2) is 0 Å². The third-order valence-electron chi connectivity index (χ3n) is 3.42. The highest BCUT2D eigenvalue weighted by Crippen LogP contribution is 2.20. The van der Waals surface area contributed by atoms with Crippen LogP contribution in [0, 0.1) is 12.7 Å². The van der Waals surface area contributed by atoms with Crippen molar-refractivity contribution in [2.75, 3.05) is 0 Å². The topological polar surface area (TPSA) is 59.8 Å². The van der Waals surface area contributed by atoms with Crippen LogP contribution >= 0.6 is 11.6 Å². The summed E-state index contributed by atoms with van der Waals surface area (Å²) in [5, 5.41) is 3.14. The lowest BCUT2D eigenvalue weighted by Gasteiger charge is -2.10. The first-order chi connectivity index (χ1) is 9.90. The Balaban J connectivity index is 2.42. The van der Waals surface area contributed by atoms with E-state index in [0.29, 0.717) is 22.3 Å². The zero-order chi connectivity index (χ0) is 15.3. The molecule has 3 aromatic rings. The van der Waals surface area contributed by atoms with Crippen molar-refractivity contribution >= 4 is 22.5 Å². The van der Waals surface area contributed by atoms with Crippen LogP contribution < -0.4 is 11.1 Å². The minimum absolute atomic E-state index is 0.0825. The van der Waals surface area contributed by atoms with Crippen LogP contribution in [0.5, 0.6) is 0 Å². The highest BCUT2D eigenvalue weighted by Gasteiger charge is 2.14. The summed E-state index contributed by atoms with van der Waals surface area (Å²) < 4.78 is 15.9. The molecule has 0 radical (unpaired) electrons. The Morgan fingerprint density at radius 1 is 1.24 bits per heavy atom. The molecule has 1 N–H and O–H groups in total. The summed E-state index contributed by atoms with van der Waals surface area (Å²) in [7, 11) is 1.57. The molecule has 0 unspecified atom stereocenters. The van der Waals surface area contributed by atoms with Crippen molar-refractivity contribution in [2.45, 2.75) is 6.92 Å². The number of pyridine rings is 1. The molecule has 1 aromatic carbocycles. The van der Waals surface area contributed by atoms with E-state index in [1.807, 2.05) is 0 Å². The smallest absolute Gasteiger partial charge is 0.275 e. The van der Waals surface area contributed by atoms with Gasteiger partial charge in [0.25, 0.3) is 11.1 Å². The first-order valence-electron chi connectivity index (χ1n) is 6.17. The predicted molar refractivity (Wildman–Crippen MR) is 78.8 cm³/mol. The molecule has 7 heteroatoms. The molecule has 0 amide bonds. The van der Waals surface area contributed by atoms with Crippen LogP contribution in [0.3, 0.4) is 0 Å². The standard InChI is InChI=1S/C14H11ClFN3O2/c1-7-13-11(17-18(2)14(13)21)6-12(20)19(7)8-3-4-10(16)9(15)5-8/h3-6,17H,1-2H3. The molecule has 0 saturated carbocycles. The van der Waals surface area contributed by atoms with Gasteiger partial charge in [-0.25, -0.2) is 4.39 Å². The Morgan fingerprint density at radius 3 is 2.62 bits per heavy atom. The van der Waals surface area contributed by atoms with E-state index < -0.39 is 5.82 Å². The fourth-order valence-corrected chi connectivity index (χ4v) is 2.61. The van der Waals surface area contributed by atoms with E-state index in [0.717, 1.165) is 0 Å². The quantitative estimate of drug-likeness (QED) is 0.748. The molecular formula is C14H11ClFN3O2. The fraction of sp³-hybridized carbons (Fsp3) is 0.143. The maximum absolute atomic E-state index is 13.3. The third-order valence-corrected chi connectivity index (χ3v) is 3.71. The Hall–Kier alpha value is -2.34. The molecule has 108 valence electrons. The molecule has 2 heterocycles. The first-order valence-corrected chi connectivity index (χ1v) is 6.54. The van der Waals surface area contributed by atoms with Crippen molar-refractivity contribution in [2.24, 2.45) is 7.05 Å². The van der Waals surface area contributed by atoms with Crippen LogP contribution in [-0.4, -0.2) is 14.3 Å². The van der Waals surface area contributed by atoms with Gasteiger partial charge in [-0.2, -0.15) is 0 Å². The highest BCUT2D eigenvalue weighted by atomic mass is 35.5. The van der Waals surface area contributed by atoms with Gasteiger partial charge in [-0.3, -0.25) is 23.9 Å². The van der Waals surface area contributed by atoms with Crippen LogP contribution in [0.4, 0.5) is 4.39 Å². The number of H-pyrrole nitrogens is 1. The van der Waals surface area contributed by atoms with Crippen LogP contribution in [0.2, 0.25) is 5.02 Å². The Labute approximate surface area is 123 Å². The monoisotopic (exact) mass is 307 g/mol. The van der Waals surface area contributed by atoms with Gasteiger partial charge < -0.3 is 0 Å². The molecular weight excluding hydrogens is 297 g/mol. The van der Waals surface area contributed by atoms with Gasteiger partial charge in [0.1, 0.15) is 5.82 Å². The van der Waals surface area contributed by atoms with E-state index in [2.05, 4.69) is 5.10 Å². The number of fused-ring (bicyclic) bond motifs is 1. The molecule has 5 nitrogen and oxygen atoms in total. The van der Waals surface area contributed by atoms with Gasteiger partial charge in [-0.05, 0) is 25.1 Å². The second kappa shape index (κ2) is 4.60. The predicted octanol–water partition coefficient (Wildman–Crippen LogP) is 2.12. The summed E-state index contributed by atoms with van der Waals surface area (Å²) in [6.45, 7) is 1.66.